The fourth-order valence-electron chi connectivity index (χ4n) is 2.21. The SMILES string of the molecule is O=c1cccccc1OC(=Nc1ccc(Cl)cc1)c1ccc([N+](=O)[O-])cc1. The Labute approximate surface area is 159 Å². The van der Waals surface area contributed by atoms with Crippen LogP contribution in [0.15, 0.2) is 88.6 Å². The molecule has 0 saturated carbocycles. The molecule has 0 aliphatic carbocycles. The first-order valence-electron chi connectivity index (χ1n) is 7.89. The average Bonchev–Trinajstić information content (AvgIpc) is 2.87. The van der Waals surface area contributed by atoms with E-state index < -0.39 is 4.92 Å². The lowest BCUT2D eigenvalue weighted by atomic mass is 10.2. The van der Waals surface area contributed by atoms with Crippen LogP contribution < -0.4 is 10.2 Å². The van der Waals surface area contributed by atoms with E-state index in [1.165, 1.54) is 36.4 Å². The molecule has 0 amide bonds. The van der Waals surface area contributed by atoms with Crippen molar-refractivity contribution in [1.82, 2.24) is 0 Å². The van der Waals surface area contributed by atoms with Crippen molar-refractivity contribution in [3.05, 3.63) is 110 Å². The number of nitrogens with zero attached hydrogens (tertiary/aromatic N) is 2. The number of nitro benzene ring substituents is 1. The molecule has 3 aromatic rings. The molecule has 0 aromatic heterocycles. The van der Waals surface area contributed by atoms with Gasteiger partial charge in [0.15, 0.2) is 5.75 Å². The van der Waals surface area contributed by atoms with Crippen molar-refractivity contribution < 1.29 is 9.66 Å². The van der Waals surface area contributed by atoms with E-state index in [0.29, 0.717) is 16.3 Å². The van der Waals surface area contributed by atoms with Crippen LogP contribution >= 0.6 is 11.6 Å². The van der Waals surface area contributed by atoms with Crippen molar-refractivity contribution in [1.29, 1.82) is 0 Å². The van der Waals surface area contributed by atoms with Gasteiger partial charge >= 0.3 is 0 Å². The maximum absolute atomic E-state index is 12.1. The maximum Gasteiger partial charge on any atom is 0.269 e. The van der Waals surface area contributed by atoms with Gasteiger partial charge in [0.1, 0.15) is 0 Å². The minimum Gasteiger partial charge on any atom is -0.434 e. The molecule has 0 N–H and O–H groups in total. The highest BCUT2D eigenvalue weighted by atomic mass is 35.5. The van der Waals surface area contributed by atoms with Gasteiger partial charge < -0.3 is 4.74 Å². The van der Waals surface area contributed by atoms with Gasteiger partial charge in [0.25, 0.3) is 5.69 Å². The second-order valence-corrected chi connectivity index (χ2v) is 5.88. The summed E-state index contributed by atoms with van der Waals surface area (Å²) in [6.07, 6.45) is 0. The Morgan fingerprint density at radius 2 is 1.59 bits per heavy atom. The molecule has 0 aliphatic rings. The summed E-state index contributed by atoms with van der Waals surface area (Å²) in [6.45, 7) is 0. The predicted molar refractivity (Wildman–Crippen MR) is 104 cm³/mol. The van der Waals surface area contributed by atoms with E-state index in [1.54, 1.807) is 42.5 Å². The molecule has 6 nitrogen and oxygen atoms in total. The Bertz CT molecular complexity index is 1050. The molecule has 134 valence electrons. The van der Waals surface area contributed by atoms with Crippen LogP contribution in [0.3, 0.4) is 0 Å². The normalized spacial score (nSPS) is 11.1. The molecule has 0 atom stereocenters. The summed E-state index contributed by atoms with van der Waals surface area (Å²) in [4.78, 5) is 26.9. The van der Waals surface area contributed by atoms with Gasteiger partial charge in [0, 0.05) is 22.7 Å². The van der Waals surface area contributed by atoms with Crippen LogP contribution in [0.4, 0.5) is 11.4 Å². The molecule has 0 aliphatic heterocycles. The third-order valence-electron chi connectivity index (χ3n) is 3.55. The third kappa shape index (κ3) is 4.77. The monoisotopic (exact) mass is 380 g/mol. The molecule has 0 heterocycles. The van der Waals surface area contributed by atoms with Crippen LogP contribution in [-0.4, -0.2) is 10.8 Å². The number of hydrogen-bond acceptors (Lipinski definition) is 5. The highest BCUT2D eigenvalue weighted by Crippen LogP contribution is 2.20. The summed E-state index contributed by atoms with van der Waals surface area (Å²) in [5, 5.41) is 11.4. The van der Waals surface area contributed by atoms with Gasteiger partial charge in [-0.15, -0.1) is 0 Å². The number of halogens is 1. The lowest BCUT2D eigenvalue weighted by Gasteiger charge is -2.08. The van der Waals surface area contributed by atoms with Gasteiger partial charge in [-0.25, -0.2) is 4.99 Å². The number of benzene rings is 2. The van der Waals surface area contributed by atoms with Crippen LogP contribution in [0.25, 0.3) is 0 Å². The molecule has 3 rings (SSSR count). The van der Waals surface area contributed by atoms with Crippen LogP contribution in [-0.2, 0) is 0 Å². The van der Waals surface area contributed by atoms with Crippen LogP contribution in [0.5, 0.6) is 5.75 Å². The third-order valence-corrected chi connectivity index (χ3v) is 3.80. The summed E-state index contributed by atoms with van der Waals surface area (Å²) >= 11 is 5.89. The van der Waals surface area contributed by atoms with Gasteiger partial charge in [-0.05, 0) is 48.5 Å². The van der Waals surface area contributed by atoms with Crippen molar-refractivity contribution in [3.63, 3.8) is 0 Å². The minimum absolute atomic E-state index is 0.0554. The standard InChI is InChI=1S/C20H13ClN2O4/c21-15-8-10-16(11-9-15)22-20(14-6-12-17(13-7-14)23(25)26)27-19-5-3-1-2-4-18(19)24/h1-13H. The summed E-state index contributed by atoms with van der Waals surface area (Å²) in [5.41, 5.74) is 0.674. The van der Waals surface area contributed by atoms with E-state index in [1.807, 2.05) is 0 Å². The van der Waals surface area contributed by atoms with Crippen molar-refractivity contribution in [3.8, 4) is 5.75 Å². The molecular weight excluding hydrogens is 368 g/mol. The number of nitro groups is 1. The molecule has 0 unspecified atom stereocenters. The second kappa shape index (κ2) is 8.25. The maximum atomic E-state index is 12.1. The summed E-state index contributed by atoms with van der Waals surface area (Å²) in [7, 11) is 0. The Balaban J connectivity index is 2.05. The molecule has 3 aromatic carbocycles. The van der Waals surface area contributed by atoms with E-state index in [0.717, 1.165) is 0 Å². The van der Waals surface area contributed by atoms with Crippen molar-refractivity contribution in [2.24, 2.45) is 4.99 Å². The van der Waals surface area contributed by atoms with E-state index in [-0.39, 0.29) is 22.8 Å². The number of hydrogen-bond donors (Lipinski definition) is 0. The van der Waals surface area contributed by atoms with Gasteiger partial charge in [0.2, 0.25) is 11.3 Å². The van der Waals surface area contributed by atoms with E-state index in [2.05, 4.69) is 4.99 Å². The van der Waals surface area contributed by atoms with E-state index in [9.17, 15) is 14.9 Å². The summed E-state index contributed by atoms with van der Waals surface area (Å²) < 4.78 is 5.76. The molecule has 0 radical (unpaired) electrons. The first-order valence-corrected chi connectivity index (χ1v) is 8.27. The summed E-state index contributed by atoms with van der Waals surface area (Å²) in [6, 6.07) is 20.4. The molecule has 0 fully saturated rings. The van der Waals surface area contributed by atoms with Gasteiger partial charge in [-0.2, -0.15) is 0 Å². The van der Waals surface area contributed by atoms with Crippen molar-refractivity contribution in [2.75, 3.05) is 0 Å². The zero-order valence-corrected chi connectivity index (χ0v) is 14.7. The smallest absolute Gasteiger partial charge is 0.269 e. The topological polar surface area (TPSA) is 81.8 Å². The number of aliphatic imine (C=N–C) groups is 1. The van der Waals surface area contributed by atoms with Crippen LogP contribution in [0.1, 0.15) is 5.56 Å². The molecule has 0 bridgehead atoms. The molecular formula is C20H13ClN2O4. The van der Waals surface area contributed by atoms with Crippen LogP contribution in [0, 0.1) is 10.1 Å². The lowest BCUT2D eigenvalue weighted by molar-refractivity contribution is -0.384. The first-order chi connectivity index (χ1) is 13.0. The Morgan fingerprint density at radius 3 is 2.26 bits per heavy atom. The summed E-state index contributed by atoms with van der Waals surface area (Å²) in [5.74, 6) is 0.224. The zero-order valence-electron chi connectivity index (χ0n) is 13.9. The highest BCUT2D eigenvalue weighted by Gasteiger charge is 2.12. The average molecular weight is 381 g/mol. The minimum atomic E-state index is -0.492. The fourth-order valence-corrected chi connectivity index (χ4v) is 2.33. The lowest BCUT2D eigenvalue weighted by Crippen LogP contribution is -2.14. The van der Waals surface area contributed by atoms with Crippen LogP contribution in [0.2, 0.25) is 5.02 Å². The Morgan fingerprint density at radius 1 is 0.926 bits per heavy atom. The van der Waals surface area contributed by atoms with E-state index in [4.69, 9.17) is 16.3 Å². The Kier molecular flexibility index (Phi) is 5.58. The fraction of sp³-hybridized carbons (Fsp3) is 0. The number of rotatable bonds is 4. The van der Waals surface area contributed by atoms with Gasteiger partial charge in [-0.3, -0.25) is 14.9 Å². The Hall–Kier alpha value is -3.51. The van der Waals surface area contributed by atoms with E-state index >= 15 is 0 Å². The second-order valence-electron chi connectivity index (χ2n) is 5.44. The quantitative estimate of drug-likeness (QED) is 0.282. The highest BCUT2D eigenvalue weighted by molar-refractivity contribution is 6.30. The first kappa shape index (κ1) is 18.3. The largest absolute Gasteiger partial charge is 0.434 e. The number of ether oxygens (including phenoxy) is 1. The molecule has 7 heteroatoms. The molecule has 0 saturated heterocycles. The zero-order chi connectivity index (χ0) is 19.2. The number of non-ortho nitro benzene ring substituents is 1. The van der Waals surface area contributed by atoms with Gasteiger partial charge in [0.05, 0.1) is 10.6 Å². The van der Waals surface area contributed by atoms with Gasteiger partial charge in [-0.1, -0.05) is 29.8 Å². The molecule has 27 heavy (non-hydrogen) atoms. The molecule has 0 spiro atoms. The van der Waals surface area contributed by atoms with Crippen molar-refractivity contribution in [2.45, 2.75) is 0 Å². The van der Waals surface area contributed by atoms with Crippen molar-refractivity contribution >= 4 is 28.9 Å². The predicted octanol–water partition coefficient (Wildman–Crippen LogP) is 4.77.